The van der Waals surface area contributed by atoms with E-state index < -0.39 is 6.03 Å². The predicted octanol–water partition coefficient (Wildman–Crippen LogP) is 0.239. The highest BCUT2D eigenvalue weighted by Gasteiger charge is 2.04. The first kappa shape index (κ1) is 9.06. The molecule has 0 aliphatic rings. The number of carbonyl (C=O) groups is 1. The van der Waals surface area contributed by atoms with Crippen molar-refractivity contribution in [3.05, 3.63) is 24.9 Å². The molecule has 0 saturated heterocycles. The van der Waals surface area contributed by atoms with Gasteiger partial charge in [0.1, 0.15) is 6.33 Å². The number of carbonyl (C=O) groups excluding carboxylic acids is 1. The molecule has 0 unspecified atom stereocenters. The molecule has 2 amide bonds. The molecule has 0 aromatic carbocycles. The Morgan fingerprint density at radius 3 is 2.87 bits per heavy atom. The molecule has 2 aromatic heterocycles. The molecular formula is C7H7N7O. The molecule has 0 atom stereocenters. The molecule has 15 heavy (non-hydrogen) atoms. The first-order valence-electron chi connectivity index (χ1n) is 4.04. The van der Waals surface area contributed by atoms with Crippen LogP contribution in [0.15, 0.2) is 24.9 Å². The number of anilines is 2. The number of hydrogen-bond donors (Lipinski definition) is 3. The quantitative estimate of drug-likeness (QED) is 0.650. The van der Waals surface area contributed by atoms with Crippen LogP contribution in [0.1, 0.15) is 0 Å². The number of aromatic nitrogens is 5. The number of rotatable bonds is 2. The average molecular weight is 205 g/mol. The van der Waals surface area contributed by atoms with Crippen molar-refractivity contribution >= 4 is 17.8 Å². The van der Waals surface area contributed by atoms with E-state index in [1.54, 1.807) is 0 Å². The summed E-state index contributed by atoms with van der Waals surface area (Å²) in [4.78, 5) is 22.7. The summed E-state index contributed by atoms with van der Waals surface area (Å²) in [7, 11) is 0. The third-order valence-electron chi connectivity index (χ3n) is 1.45. The maximum atomic E-state index is 11.3. The van der Waals surface area contributed by atoms with Gasteiger partial charge in [0.2, 0.25) is 5.95 Å². The predicted molar refractivity (Wildman–Crippen MR) is 51.1 cm³/mol. The number of amides is 2. The van der Waals surface area contributed by atoms with Gasteiger partial charge in [0.05, 0.1) is 6.20 Å². The molecule has 8 heteroatoms. The molecule has 0 bridgehead atoms. The lowest BCUT2D eigenvalue weighted by Crippen LogP contribution is -2.20. The van der Waals surface area contributed by atoms with E-state index >= 15 is 0 Å². The van der Waals surface area contributed by atoms with Crippen LogP contribution in [-0.2, 0) is 0 Å². The summed E-state index contributed by atoms with van der Waals surface area (Å²) in [5.74, 6) is 0.617. The minimum absolute atomic E-state index is 0.261. The summed E-state index contributed by atoms with van der Waals surface area (Å²) in [6.07, 6.45) is 5.71. The van der Waals surface area contributed by atoms with Gasteiger partial charge in [-0.25, -0.2) is 14.9 Å². The van der Waals surface area contributed by atoms with Crippen molar-refractivity contribution in [2.45, 2.75) is 0 Å². The van der Waals surface area contributed by atoms with Gasteiger partial charge in [-0.1, -0.05) is 0 Å². The monoisotopic (exact) mass is 205 g/mol. The highest BCUT2D eigenvalue weighted by atomic mass is 16.2. The minimum atomic E-state index is -0.466. The number of H-pyrrole nitrogens is 1. The zero-order valence-corrected chi connectivity index (χ0v) is 7.51. The molecule has 0 fully saturated rings. The molecule has 0 spiro atoms. The Labute approximate surface area is 84.2 Å². The van der Waals surface area contributed by atoms with Crippen LogP contribution in [0.2, 0.25) is 0 Å². The molecule has 76 valence electrons. The van der Waals surface area contributed by atoms with E-state index in [4.69, 9.17) is 0 Å². The van der Waals surface area contributed by atoms with Crippen LogP contribution >= 0.6 is 0 Å². The van der Waals surface area contributed by atoms with Crippen molar-refractivity contribution in [3.8, 4) is 0 Å². The second-order valence-corrected chi connectivity index (χ2v) is 2.50. The SMILES string of the molecule is O=C(Nc1cnccn1)Nc1ncn[nH]1. The number of nitrogens with zero attached hydrogens (tertiary/aromatic N) is 4. The Balaban J connectivity index is 1.94. The first-order valence-corrected chi connectivity index (χ1v) is 4.04. The van der Waals surface area contributed by atoms with Gasteiger partial charge in [0.15, 0.2) is 5.82 Å². The molecule has 0 saturated carbocycles. The summed E-state index contributed by atoms with van der Waals surface area (Å²) >= 11 is 0. The van der Waals surface area contributed by atoms with Crippen LogP contribution in [0.25, 0.3) is 0 Å². The minimum Gasteiger partial charge on any atom is -0.291 e. The Bertz CT molecular complexity index is 426. The molecule has 2 heterocycles. The van der Waals surface area contributed by atoms with E-state index in [9.17, 15) is 4.79 Å². The van der Waals surface area contributed by atoms with Gasteiger partial charge >= 0.3 is 6.03 Å². The van der Waals surface area contributed by atoms with Gasteiger partial charge in [0.25, 0.3) is 0 Å². The summed E-state index contributed by atoms with van der Waals surface area (Å²) in [5, 5.41) is 11.0. The first-order chi connectivity index (χ1) is 7.34. The van der Waals surface area contributed by atoms with Crippen molar-refractivity contribution in [1.29, 1.82) is 0 Å². The number of hydrogen-bond acceptors (Lipinski definition) is 5. The third-order valence-corrected chi connectivity index (χ3v) is 1.45. The van der Waals surface area contributed by atoms with Gasteiger partial charge in [0, 0.05) is 12.4 Å². The van der Waals surface area contributed by atoms with E-state index in [0.29, 0.717) is 5.82 Å². The fourth-order valence-corrected chi connectivity index (χ4v) is 0.884. The second kappa shape index (κ2) is 4.13. The highest BCUT2D eigenvalue weighted by Crippen LogP contribution is 1.99. The Morgan fingerprint density at radius 2 is 2.20 bits per heavy atom. The van der Waals surface area contributed by atoms with E-state index in [1.807, 2.05) is 0 Å². The van der Waals surface area contributed by atoms with Crippen molar-refractivity contribution in [2.75, 3.05) is 10.6 Å². The summed E-state index contributed by atoms with van der Waals surface area (Å²) in [5.41, 5.74) is 0. The van der Waals surface area contributed by atoms with Gasteiger partial charge < -0.3 is 0 Å². The van der Waals surface area contributed by atoms with Gasteiger partial charge in [-0.2, -0.15) is 10.1 Å². The largest absolute Gasteiger partial charge is 0.327 e. The highest BCUT2D eigenvalue weighted by molar-refractivity contribution is 5.97. The molecule has 0 aliphatic heterocycles. The number of nitrogens with one attached hydrogen (secondary N) is 3. The van der Waals surface area contributed by atoms with Crippen LogP contribution in [0, 0.1) is 0 Å². The van der Waals surface area contributed by atoms with Gasteiger partial charge in [-0.3, -0.25) is 15.6 Å². The smallest absolute Gasteiger partial charge is 0.291 e. The van der Waals surface area contributed by atoms with Gasteiger partial charge in [-0.15, -0.1) is 0 Å². The summed E-state index contributed by atoms with van der Waals surface area (Å²) < 4.78 is 0. The topological polar surface area (TPSA) is 108 Å². The molecular weight excluding hydrogens is 198 g/mol. The molecule has 0 radical (unpaired) electrons. The number of aromatic amines is 1. The summed E-state index contributed by atoms with van der Waals surface area (Å²) in [6.45, 7) is 0. The lowest BCUT2D eigenvalue weighted by molar-refractivity contribution is 0.262. The van der Waals surface area contributed by atoms with Crippen LogP contribution in [0.3, 0.4) is 0 Å². The van der Waals surface area contributed by atoms with Crippen molar-refractivity contribution < 1.29 is 4.79 Å². The fourth-order valence-electron chi connectivity index (χ4n) is 0.884. The summed E-state index contributed by atoms with van der Waals surface area (Å²) in [6, 6.07) is -0.466. The van der Waals surface area contributed by atoms with Crippen LogP contribution in [-0.4, -0.2) is 31.2 Å². The third kappa shape index (κ3) is 2.46. The van der Waals surface area contributed by atoms with Crippen LogP contribution in [0.5, 0.6) is 0 Å². The Kier molecular flexibility index (Phi) is 2.50. The normalized spacial score (nSPS) is 9.60. The lowest BCUT2D eigenvalue weighted by Gasteiger charge is -2.02. The molecule has 2 aromatic rings. The van der Waals surface area contributed by atoms with E-state index in [2.05, 4.69) is 35.8 Å². The van der Waals surface area contributed by atoms with Crippen molar-refractivity contribution in [3.63, 3.8) is 0 Å². The standard InChI is InChI=1S/C7H7N7O/c15-7(13-6-10-4-11-14-6)12-5-3-8-1-2-9-5/h1-4H,(H3,9,10,11,12,13,14,15). The average Bonchev–Trinajstić information content (AvgIpc) is 2.71. The van der Waals surface area contributed by atoms with Gasteiger partial charge in [-0.05, 0) is 0 Å². The molecule has 0 aliphatic carbocycles. The van der Waals surface area contributed by atoms with Crippen molar-refractivity contribution in [2.24, 2.45) is 0 Å². The molecule has 8 nitrogen and oxygen atoms in total. The van der Waals surface area contributed by atoms with E-state index in [0.717, 1.165) is 0 Å². The van der Waals surface area contributed by atoms with E-state index in [1.165, 1.54) is 24.9 Å². The second-order valence-electron chi connectivity index (χ2n) is 2.50. The molecule has 2 rings (SSSR count). The zero-order chi connectivity index (χ0) is 10.5. The van der Waals surface area contributed by atoms with Crippen LogP contribution < -0.4 is 10.6 Å². The number of urea groups is 1. The van der Waals surface area contributed by atoms with Crippen LogP contribution in [0.4, 0.5) is 16.6 Å². The Morgan fingerprint density at radius 1 is 1.27 bits per heavy atom. The molecule has 3 N–H and O–H groups in total. The maximum absolute atomic E-state index is 11.3. The maximum Gasteiger partial charge on any atom is 0.327 e. The van der Waals surface area contributed by atoms with Crippen molar-refractivity contribution in [1.82, 2.24) is 25.1 Å². The zero-order valence-electron chi connectivity index (χ0n) is 7.51. The lowest BCUT2D eigenvalue weighted by atomic mass is 10.6. The Hall–Kier alpha value is -2.51. The fraction of sp³-hybridized carbons (Fsp3) is 0. The van der Waals surface area contributed by atoms with E-state index in [-0.39, 0.29) is 5.95 Å².